The van der Waals surface area contributed by atoms with Gasteiger partial charge in [0, 0.05) is 11.4 Å². The molecule has 0 spiro atoms. The molecule has 0 aliphatic rings. The first-order valence-corrected chi connectivity index (χ1v) is 9.15. The van der Waals surface area contributed by atoms with Gasteiger partial charge in [0.15, 0.2) is 0 Å². The van der Waals surface area contributed by atoms with Gasteiger partial charge in [-0.15, -0.1) is 0 Å². The molecule has 0 heterocycles. The molecule has 3 aromatic carbocycles. The second kappa shape index (κ2) is 8.85. The van der Waals surface area contributed by atoms with E-state index in [0.717, 1.165) is 48.5 Å². The van der Waals surface area contributed by atoms with Crippen LogP contribution in [0.15, 0.2) is 66.7 Å². The summed E-state index contributed by atoms with van der Waals surface area (Å²) in [7, 11) is 0. The third kappa shape index (κ3) is 5.62. The third-order valence-corrected chi connectivity index (χ3v) is 4.47. The third-order valence-electron chi connectivity index (χ3n) is 4.47. The Kier molecular flexibility index (Phi) is 6.34. The van der Waals surface area contributed by atoms with Crippen LogP contribution >= 0.6 is 0 Å². The van der Waals surface area contributed by atoms with Crippen molar-refractivity contribution in [1.82, 2.24) is 0 Å². The molecule has 3 aromatic rings. The van der Waals surface area contributed by atoms with E-state index in [2.05, 4.69) is 10.6 Å². The van der Waals surface area contributed by atoms with Gasteiger partial charge in [-0.05, 0) is 60.7 Å². The zero-order chi connectivity index (χ0) is 24.4. The van der Waals surface area contributed by atoms with Crippen molar-refractivity contribution in [2.24, 2.45) is 0 Å². The Hall–Kier alpha value is -4.02. The lowest BCUT2D eigenvalue weighted by molar-refractivity contribution is -0.138. The zero-order valence-corrected chi connectivity index (χ0v) is 16.4. The number of phenolic OH excluding ortho intramolecular Hbond substituents is 1. The molecule has 3 N–H and O–H groups in total. The van der Waals surface area contributed by atoms with Crippen molar-refractivity contribution >= 4 is 23.2 Å². The Labute approximate surface area is 182 Å². The summed E-state index contributed by atoms with van der Waals surface area (Å²) in [5.74, 6) is -2.50. The Balaban J connectivity index is 1.75. The number of phenols is 1. The van der Waals surface area contributed by atoms with Crippen molar-refractivity contribution in [2.75, 3.05) is 10.6 Å². The quantitative estimate of drug-likeness (QED) is 0.415. The largest absolute Gasteiger partial charge is 0.506 e. The van der Waals surface area contributed by atoms with Crippen molar-refractivity contribution in [2.45, 2.75) is 12.4 Å². The monoisotopic (exact) mass is 468 g/mol. The zero-order valence-electron chi connectivity index (χ0n) is 16.4. The van der Waals surface area contributed by atoms with Crippen molar-refractivity contribution in [3.05, 3.63) is 89.0 Å². The maximum Gasteiger partial charge on any atom is 0.416 e. The van der Waals surface area contributed by atoms with E-state index in [1.807, 2.05) is 0 Å². The van der Waals surface area contributed by atoms with Gasteiger partial charge in [-0.3, -0.25) is 9.59 Å². The number of halogens is 6. The fourth-order valence-corrected chi connectivity index (χ4v) is 2.79. The highest BCUT2D eigenvalue weighted by Crippen LogP contribution is 2.31. The molecule has 0 unspecified atom stereocenters. The van der Waals surface area contributed by atoms with Crippen LogP contribution < -0.4 is 10.6 Å². The van der Waals surface area contributed by atoms with Crippen LogP contribution in [0.1, 0.15) is 31.8 Å². The van der Waals surface area contributed by atoms with Gasteiger partial charge >= 0.3 is 12.4 Å². The van der Waals surface area contributed by atoms with Gasteiger partial charge < -0.3 is 15.7 Å². The molecule has 0 aliphatic heterocycles. The lowest BCUT2D eigenvalue weighted by Crippen LogP contribution is -2.16. The number of amides is 2. The minimum Gasteiger partial charge on any atom is -0.506 e. The molecule has 11 heteroatoms. The first kappa shape index (κ1) is 23.6. The van der Waals surface area contributed by atoms with Gasteiger partial charge in [0.2, 0.25) is 0 Å². The molecule has 172 valence electrons. The first-order chi connectivity index (χ1) is 15.4. The van der Waals surface area contributed by atoms with Crippen LogP contribution in [0.2, 0.25) is 0 Å². The Morgan fingerprint density at radius 1 is 0.606 bits per heavy atom. The number of rotatable bonds is 4. The summed E-state index contributed by atoms with van der Waals surface area (Å²) in [5.41, 5.74) is -2.46. The molecule has 5 nitrogen and oxygen atoms in total. The number of anilines is 2. The minimum absolute atomic E-state index is 0.0204. The van der Waals surface area contributed by atoms with Gasteiger partial charge in [0.25, 0.3) is 11.8 Å². The molecule has 0 radical (unpaired) electrons. The molecule has 2 amide bonds. The smallest absolute Gasteiger partial charge is 0.416 e. The van der Waals surface area contributed by atoms with E-state index in [1.54, 1.807) is 0 Å². The molecule has 0 aromatic heterocycles. The highest BCUT2D eigenvalue weighted by Gasteiger charge is 2.31. The lowest BCUT2D eigenvalue weighted by Gasteiger charge is -2.12. The van der Waals surface area contributed by atoms with E-state index in [-0.39, 0.29) is 22.5 Å². The maximum absolute atomic E-state index is 12.6. The summed E-state index contributed by atoms with van der Waals surface area (Å²) in [6, 6.07) is 10.8. The van der Waals surface area contributed by atoms with Crippen molar-refractivity contribution in [3.8, 4) is 5.75 Å². The molecule has 33 heavy (non-hydrogen) atoms. The van der Waals surface area contributed by atoms with E-state index in [4.69, 9.17) is 0 Å². The van der Waals surface area contributed by atoms with E-state index in [9.17, 15) is 41.0 Å². The normalized spacial score (nSPS) is 11.7. The molecule has 0 aliphatic carbocycles. The number of nitrogens with one attached hydrogen (secondary N) is 2. The summed E-state index contributed by atoms with van der Waals surface area (Å²) >= 11 is 0. The van der Waals surface area contributed by atoms with Crippen molar-refractivity contribution < 1.29 is 41.0 Å². The summed E-state index contributed by atoms with van der Waals surface area (Å²) in [4.78, 5) is 24.9. The average Bonchev–Trinajstić information content (AvgIpc) is 2.73. The molecule has 0 bridgehead atoms. The number of benzene rings is 3. The molecular formula is C22H14F6N2O3. The van der Waals surface area contributed by atoms with E-state index in [0.29, 0.717) is 0 Å². The van der Waals surface area contributed by atoms with Crippen LogP contribution in [-0.4, -0.2) is 16.9 Å². The number of carbonyl (C=O) groups is 2. The fourth-order valence-electron chi connectivity index (χ4n) is 2.79. The van der Waals surface area contributed by atoms with Gasteiger partial charge in [0.05, 0.1) is 22.3 Å². The standard InChI is InChI=1S/C22H14F6N2O3/c23-21(24,25)12-4-8-14(9-5-12)29-19(32)16-2-1-3-17(18(16)31)20(33)30-15-10-6-13(7-11-15)22(26,27)28/h1-11,31H,(H,29,32)(H,30,33). The topological polar surface area (TPSA) is 78.4 Å². The summed E-state index contributed by atoms with van der Waals surface area (Å²) < 4.78 is 75.8. The van der Waals surface area contributed by atoms with Gasteiger partial charge in [-0.1, -0.05) is 6.07 Å². The van der Waals surface area contributed by atoms with E-state index < -0.39 is 41.0 Å². The highest BCUT2D eigenvalue weighted by atomic mass is 19.4. The predicted octanol–water partition coefficient (Wildman–Crippen LogP) is 5.93. The first-order valence-electron chi connectivity index (χ1n) is 9.15. The molecule has 0 fully saturated rings. The van der Waals surface area contributed by atoms with Gasteiger partial charge in [0.1, 0.15) is 5.75 Å². The fraction of sp³-hybridized carbons (Fsp3) is 0.0909. The van der Waals surface area contributed by atoms with Gasteiger partial charge in [-0.2, -0.15) is 26.3 Å². The van der Waals surface area contributed by atoms with Crippen LogP contribution in [0.5, 0.6) is 5.75 Å². The Morgan fingerprint density at radius 3 is 1.24 bits per heavy atom. The Morgan fingerprint density at radius 2 is 0.939 bits per heavy atom. The number of alkyl halides is 6. The minimum atomic E-state index is -4.55. The summed E-state index contributed by atoms with van der Waals surface area (Å²) in [6.45, 7) is 0. The number of hydrogen-bond acceptors (Lipinski definition) is 3. The highest BCUT2D eigenvalue weighted by molar-refractivity contribution is 6.11. The van der Waals surface area contributed by atoms with E-state index >= 15 is 0 Å². The van der Waals surface area contributed by atoms with Gasteiger partial charge in [-0.25, -0.2) is 0 Å². The molecule has 3 rings (SSSR count). The number of carbonyl (C=O) groups excluding carboxylic acids is 2. The van der Waals surface area contributed by atoms with Crippen LogP contribution in [0.4, 0.5) is 37.7 Å². The lowest BCUT2D eigenvalue weighted by atomic mass is 10.1. The molecule has 0 atom stereocenters. The predicted molar refractivity (Wildman–Crippen MR) is 107 cm³/mol. The number of hydrogen-bond donors (Lipinski definition) is 3. The van der Waals surface area contributed by atoms with Crippen LogP contribution in [0.25, 0.3) is 0 Å². The molecule has 0 saturated heterocycles. The average molecular weight is 468 g/mol. The molecular weight excluding hydrogens is 454 g/mol. The summed E-state index contributed by atoms with van der Waals surface area (Å²) in [5, 5.41) is 15.0. The van der Waals surface area contributed by atoms with Crippen LogP contribution in [0, 0.1) is 0 Å². The van der Waals surface area contributed by atoms with Crippen LogP contribution in [0.3, 0.4) is 0 Å². The second-order valence-corrected chi connectivity index (χ2v) is 6.76. The van der Waals surface area contributed by atoms with Crippen molar-refractivity contribution in [1.29, 1.82) is 0 Å². The van der Waals surface area contributed by atoms with E-state index in [1.165, 1.54) is 18.2 Å². The van der Waals surface area contributed by atoms with Crippen molar-refractivity contribution in [3.63, 3.8) is 0 Å². The number of aromatic hydroxyl groups is 1. The second-order valence-electron chi connectivity index (χ2n) is 6.76. The SMILES string of the molecule is O=C(Nc1ccc(C(F)(F)F)cc1)c1cccc(C(=O)Nc2ccc(C(F)(F)F)cc2)c1O. The van der Waals surface area contributed by atoms with Crippen LogP contribution in [-0.2, 0) is 12.4 Å². The number of para-hydroxylation sites is 1. The molecule has 0 saturated carbocycles. The maximum atomic E-state index is 12.6. The Bertz CT molecular complexity index is 1080. The summed E-state index contributed by atoms with van der Waals surface area (Å²) in [6.07, 6.45) is -9.09.